The Morgan fingerprint density at radius 2 is 1.94 bits per heavy atom. The van der Waals surface area contributed by atoms with Crippen LogP contribution in [0, 0.1) is 12.7 Å². The van der Waals surface area contributed by atoms with Crippen molar-refractivity contribution in [1.29, 1.82) is 0 Å². The predicted octanol–water partition coefficient (Wildman–Crippen LogP) is 3.20. The Labute approximate surface area is 93.7 Å². The van der Waals surface area contributed by atoms with Gasteiger partial charge in [-0.2, -0.15) is 0 Å². The average molecular weight is 217 g/mol. The molecule has 3 heteroatoms. The van der Waals surface area contributed by atoms with Crippen molar-refractivity contribution < 1.29 is 9.13 Å². The number of rotatable bonds is 2. The maximum atomic E-state index is 13.4. The summed E-state index contributed by atoms with van der Waals surface area (Å²) in [6, 6.07) is 6.96. The fraction of sp³-hybridized carbons (Fsp3) is 0.154. The molecule has 0 N–H and O–H groups in total. The summed E-state index contributed by atoms with van der Waals surface area (Å²) in [4.78, 5) is 4.04. The fourth-order valence-corrected chi connectivity index (χ4v) is 1.46. The van der Waals surface area contributed by atoms with Crippen LogP contribution in [0.4, 0.5) is 4.39 Å². The minimum absolute atomic E-state index is 0.208. The predicted molar refractivity (Wildman–Crippen MR) is 60.9 cm³/mol. The van der Waals surface area contributed by atoms with Crippen LogP contribution < -0.4 is 4.74 Å². The summed E-state index contributed by atoms with van der Waals surface area (Å²) in [5.74, 6) is 0.457. The van der Waals surface area contributed by atoms with E-state index < -0.39 is 0 Å². The van der Waals surface area contributed by atoms with Gasteiger partial charge in [0.05, 0.1) is 13.3 Å². The number of pyridine rings is 1. The van der Waals surface area contributed by atoms with Crippen LogP contribution in [0.15, 0.2) is 36.7 Å². The number of hydrogen-bond acceptors (Lipinski definition) is 2. The minimum atomic E-state index is -0.208. The van der Waals surface area contributed by atoms with E-state index >= 15 is 0 Å². The molecule has 0 aliphatic carbocycles. The molecule has 2 aromatic rings. The highest BCUT2D eigenvalue weighted by Crippen LogP contribution is 2.24. The molecule has 1 aromatic carbocycles. The Bertz CT molecular complexity index is 511. The summed E-state index contributed by atoms with van der Waals surface area (Å²) in [5.41, 5.74) is 2.28. The van der Waals surface area contributed by atoms with Gasteiger partial charge in [-0.25, -0.2) is 4.39 Å². The van der Waals surface area contributed by atoms with Gasteiger partial charge in [0.2, 0.25) is 0 Å². The van der Waals surface area contributed by atoms with Gasteiger partial charge in [0.1, 0.15) is 11.6 Å². The number of halogens is 1. The molecule has 0 atom stereocenters. The Morgan fingerprint density at radius 1 is 1.12 bits per heavy atom. The smallest absolute Gasteiger partial charge is 0.137 e. The van der Waals surface area contributed by atoms with Gasteiger partial charge in [0, 0.05) is 11.8 Å². The molecule has 0 aliphatic rings. The summed E-state index contributed by atoms with van der Waals surface area (Å²) >= 11 is 0. The van der Waals surface area contributed by atoms with Gasteiger partial charge in [0.25, 0.3) is 0 Å². The second-order valence-electron chi connectivity index (χ2n) is 3.58. The van der Waals surface area contributed by atoms with Gasteiger partial charge in [-0.15, -0.1) is 0 Å². The SMILES string of the molecule is COc1cncc(-c2ccc(C)c(F)c2)c1. The lowest BCUT2D eigenvalue weighted by Gasteiger charge is -2.05. The van der Waals surface area contributed by atoms with E-state index in [0.717, 1.165) is 11.1 Å². The van der Waals surface area contributed by atoms with Crippen LogP contribution in [0.25, 0.3) is 11.1 Å². The molecule has 0 fully saturated rings. The summed E-state index contributed by atoms with van der Waals surface area (Å²) in [7, 11) is 1.58. The Balaban J connectivity index is 2.46. The minimum Gasteiger partial charge on any atom is -0.495 e. The van der Waals surface area contributed by atoms with Crippen molar-refractivity contribution in [2.45, 2.75) is 6.92 Å². The normalized spacial score (nSPS) is 10.2. The van der Waals surface area contributed by atoms with Gasteiger partial charge >= 0.3 is 0 Å². The van der Waals surface area contributed by atoms with E-state index in [9.17, 15) is 4.39 Å². The highest BCUT2D eigenvalue weighted by molar-refractivity contribution is 5.64. The molecule has 0 bridgehead atoms. The van der Waals surface area contributed by atoms with Crippen LogP contribution in [0.5, 0.6) is 5.75 Å². The van der Waals surface area contributed by atoms with Gasteiger partial charge in [-0.05, 0) is 30.2 Å². The van der Waals surface area contributed by atoms with Crippen molar-refractivity contribution in [2.75, 3.05) is 7.11 Å². The molecule has 1 aromatic heterocycles. The first-order valence-electron chi connectivity index (χ1n) is 4.96. The largest absolute Gasteiger partial charge is 0.495 e. The van der Waals surface area contributed by atoms with Crippen molar-refractivity contribution in [3.05, 3.63) is 48.0 Å². The number of ether oxygens (including phenoxy) is 1. The Morgan fingerprint density at radius 3 is 2.62 bits per heavy atom. The number of nitrogens with zero attached hydrogens (tertiary/aromatic N) is 1. The molecule has 0 unspecified atom stereocenters. The summed E-state index contributed by atoms with van der Waals surface area (Å²) in [6.45, 7) is 1.74. The van der Waals surface area contributed by atoms with Crippen molar-refractivity contribution in [2.24, 2.45) is 0 Å². The number of benzene rings is 1. The maximum Gasteiger partial charge on any atom is 0.137 e. The van der Waals surface area contributed by atoms with Crippen molar-refractivity contribution in [1.82, 2.24) is 4.98 Å². The van der Waals surface area contributed by atoms with Gasteiger partial charge in [-0.3, -0.25) is 4.98 Å². The third-order valence-corrected chi connectivity index (χ3v) is 2.45. The number of aromatic nitrogens is 1. The van der Waals surface area contributed by atoms with E-state index in [1.54, 1.807) is 32.5 Å². The van der Waals surface area contributed by atoms with Crippen LogP contribution in [-0.2, 0) is 0 Å². The quantitative estimate of drug-likeness (QED) is 0.770. The molecule has 1 heterocycles. The van der Waals surface area contributed by atoms with E-state index in [1.807, 2.05) is 12.1 Å². The molecule has 16 heavy (non-hydrogen) atoms. The number of hydrogen-bond donors (Lipinski definition) is 0. The third-order valence-electron chi connectivity index (χ3n) is 2.45. The van der Waals surface area contributed by atoms with Crippen LogP contribution in [-0.4, -0.2) is 12.1 Å². The summed E-state index contributed by atoms with van der Waals surface area (Å²) < 4.78 is 18.5. The monoisotopic (exact) mass is 217 g/mol. The van der Waals surface area contributed by atoms with Crippen molar-refractivity contribution in [3.8, 4) is 16.9 Å². The van der Waals surface area contributed by atoms with Crippen LogP contribution in [0.2, 0.25) is 0 Å². The summed E-state index contributed by atoms with van der Waals surface area (Å²) in [5, 5.41) is 0. The van der Waals surface area contributed by atoms with Gasteiger partial charge < -0.3 is 4.74 Å². The molecule has 0 radical (unpaired) electrons. The molecule has 0 amide bonds. The molecule has 0 saturated carbocycles. The summed E-state index contributed by atoms with van der Waals surface area (Å²) in [6.07, 6.45) is 3.31. The van der Waals surface area contributed by atoms with Crippen LogP contribution in [0.1, 0.15) is 5.56 Å². The lowest BCUT2D eigenvalue weighted by molar-refractivity contribution is 0.413. The molecule has 2 rings (SSSR count). The zero-order valence-corrected chi connectivity index (χ0v) is 9.20. The van der Waals surface area contributed by atoms with Crippen molar-refractivity contribution >= 4 is 0 Å². The fourth-order valence-electron chi connectivity index (χ4n) is 1.46. The Kier molecular flexibility index (Phi) is 2.86. The van der Waals surface area contributed by atoms with E-state index in [0.29, 0.717) is 11.3 Å². The molecule has 82 valence electrons. The topological polar surface area (TPSA) is 22.1 Å². The zero-order valence-electron chi connectivity index (χ0n) is 9.20. The third kappa shape index (κ3) is 2.03. The van der Waals surface area contributed by atoms with E-state index in [-0.39, 0.29) is 5.82 Å². The molecule has 0 spiro atoms. The maximum absolute atomic E-state index is 13.4. The first-order valence-corrected chi connectivity index (χ1v) is 4.96. The Hall–Kier alpha value is -1.90. The van der Waals surface area contributed by atoms with E-state index in [4.69, 9.17) is 4.74 Å². The molecule has 0 aliphatic heterocycles. The lowest BCUT2D eigenvalue weighted by atomic mass is 10.1. The standard InChI is InChI=1S/C13H12FNO/c1-9-3-4-10(6-13(9)14)11-5-12(16-2)8-15-7-11/h3-8H,1-2H3. The first kappa shape index (κ1) is 10.6. The second-order valence-corrected chi connectivity index (χ2v) is 3.58. The van der Waals surface area contributed by atoms with Gasteiger partial charge in [-0.1, -0.05) is 12.1 Å². The lowest BCUT2D eigenvalue weighted by Crippen LogP contribution is -1.88. The highest BCUT2D eigenvalue weighted by Gasteiger charge is 2.03. The van der Waals surface area contributed by atoms with Crippen LogP contribution in [0.3, 0.4) is 0 Å². The first-order chi connectivity index (χ1) is 7.70. The number of aryl methyl sites for hydroxylation is 1. The van der Waals surface area contributed by atoms with Crippen LogP contribution >= 0.6 is 0 Å². The number of methoxy groups -OCH3 is 1. The van der Waals surface area contributed by atoms with E-state index in [1.165, 1.54) is 6.07 Å². The molecular weight excluding hydrogens is 205 g/mol. The second kappa shape index (κ2) is 4.31. The van der Waals surface area contributed by atoms with Gasteiger partial charge in [0.15, 0.2) is 0 Å². The average Bonchev–Trinajstić information content (AvgIpc) is 2.33. The highest BCUT2D eigenvalue weighted by atomic mass is 19.1. The molecular formula is C13H12FNO. The molecule has 2 nitrogen and oxygen atoms in total. The molecule has 0 saturated heterocycles. The van der Waals surface area contributed by atoms with E-state index in [2.05, 4.69) is 4.98 Å². The van der Waals surface area contributed by atoms with Crippen molar-refractivity contribution in [3.63, 3.8) is 0 Å². The zero-order chi connectivity index (χ0) is 11.5.